The first-order valence-corrected chi connectivity index (χ1v) is 6.10. The minimum Gasteiger partial charge on any atom is -0.506 e. The summed E-state index contributed by atoms with van der Waals surface area (Å²) in [5.41, 5.74) is 0.163. The molecule has 0 heterocycles. The summed E-state index contributed by atoms with van der Waals surface area (Å²) in [5, 5.41) is 21.1. The number of hydrogen-bond donors (Lipinski definition) is 3. The molecule has 0 spiro atoms. The van der Waals surface area contributed by atoms with Gasteiger partial charge in [-0.2, -0.15) is 0 Å². The van der Waals surface area contributed by atoms with E-state index in [9.17, 15) is 14.7 Å². The van der Waals surface area contributed by atoms with Gasteiger partial charge in [0.05, 0.1) is 11.3 Å². The maximum absolute atomic E-state index is 12.0. The van der Waals surface area contributed by atoms with Crippen molar-refractivity contribution in [1.82, 2.24) is 0 Å². The van der Waals surface area contributed by atoms with Crippen LogP contribution in [-0.2, 0) is 4.79 Å². The van der Waals surface area contributed by atoms with Crippen molar-refractivity contribution in [3.63, 3.8) is 0 Å². The number of amides is 1. The average molecular weight is 261 g/mol. The Morgan fingerprint density at radius 3 is 2.68 bits per heavy atom. The summed E-state index contributed by atoms with van der Waals surface area (Å²) in [6.45, 7) is 0. The zero-order valence-electron chi connectivity index (χ0n) is 10.3. The summed E-state index contributed by atoms with van der Waals surface area (Å²) < 4.78 is 0. The van der Waals surface area contributed by atoms with Gasteiger partial charge in [-0.1, -0.05) is 12.2 Å². The van der Waals surface area contributed by atoms with Crippen LogP contribution in [0.25, 0.3) is 0 Å². The minimum atomic E-state index is -1.10. The van der Waals surface area contributed by atoms with E-state index >= 15 is 0 Å². The van der Waals surface area contributed by atoms with Crippen molar-refractivity contribution in [2.45, 2.75) is 19.3 Å². The van der Waals surface area contributed by atoms with E-state index in [0.717, 1.165) is 12.8 Å². The predicted molar refractivity (Wildman–Crippen MR) is 70.2 cm³/mol. The van der Waals surface area contributed by atoms with E-state index in [2.05, 4.69) is 5.32 Å². The summed E-state index contributed by atoms with van der Waals surface area (Å²) in [5.74, 6) is -1.55. The van der Waals surface area contributed by atoms with Crippen molar-refractivity contribution >= 4 is 17.6 Å². The molecule has 1 amide bonds. The third kappa shape index (κ3) is 3.13. The lowest BCUT2D eigenvalue weighted by atomic mass is 9.93. The molecule has 1 unspecified atom stereocenters. The van der Waals surface area contributed by atoms with Gasteiger partial charge in [-0.15, -0.1) is 0 Å². The van der Waals surface area contributed by atoms with Crippen molar-refractivity contribution in [1.29, 1.82) is 0 Å². The smallest absolute Gasteiger partial charge is 0.335 e. The number of aromatic hydroxyl groups is 1. The van der Waals surface area contributed by atoms with E-state index < -0.39 is 5.97 Å². The Kier molecular flexibility index (Phi) is 3.85. The Bertz CT molecular complexity index is 536. The monoisotopic (exact) mass is 261 g/mol. The summed E-state index contributed by atoms with van der Waals surface area (Å²) in [6.07, 6.45) is 6.29. The summed E-state index contributed by atoms with van der Waals surface area (Å²) in [4.78, 5) is 22.8. The van der Waals surface area contributed by atoms with Gasteiger partial charge < -0.3 is 15.5 Å². The van der Waals surface area contributed by atoms with E-state index in [0.29, 0.717) is 6.42 Å². The van der Waals surface area contributed by atoms with Gasteiger partial charge in [-0.25, -0.2) is 4.79 Å². The second-order valence-electron chi connectivity index (χ2n) is 4.51. The van der Waals surface area contributed by atoms with Crippen molar-refractivity contribution in [2.24, 2.45) is 5.92 Å². The number of anilines is 1. The molecule has 3 N–H and O–H groups in total. The molecule has 100 valence electrons. The van der Waals surface area contributed by atoms with Crippen molar-refractivity contribution in [2.75, 3.05) is 5.32 Å². The number of hydrogen-bond acceptors (Lipinski definition) is 3. The number of allylic oxidation sites excluding steroid dienone is 2. The van der Waals surface area contributed by atoms with Crippen molar-refractivity contribution < 1.29 is 19.8 Å². The molecule has 1 aromatic rings. The highest BCUT2D eigenvalue weighted by molar-refractivity contribution is 5.96. The SMILES string of the molecule is O=C(O)c1ccc(O)c(NC(=O)C2CC=CCC2)c1. The molecule has 0 saturated carbocycles. The fourth-order valence-electron chi connectivity index (χ4n) is 2.04. The Hall–Kier alpha value is -2.30. The third-order valence-electron chi connectivity index (χ3n) is 3.14. The molecule has 0 fully saturated rings. The quantitative estimate of drug-likeness (QED) is 0.576. The molecule has 0 radical (unpaired) electrons. The van der Waals surface area contributed by atoms with Crippen LogP contribution >= 0.6 is 0 Å². The molecular formula is C14H15NO4. The zero-order chi connectivity index (χ0) is 13.8. The van der Waals surface area contributed by atoms with E-state index in [-0.39, 0.29) is 28.8 Å². The van der Waals surface area contributed by atoms with Gasteiger partial charge in [0, 0.05) is 5.92 Å². The van der Waals surface area contributed by atoms with E-state index in [1.807, 2.05) is 12.2 Å². The third-order valence-corrected chi connectivity index (χ3v) is 3.14. The van der Waals surface area contributed by atoms with Crippen molar-refractivity contribution in [3.05, 3.63) is 35.9 Å². The van der Waals surface area contributed by atoms with Crippen LogP contribution < -0.4 is 5.32 Å². The normalized spacial score (nSPS) is 18.0. The fraction of sp³-hybridized carbons (Fsp3) is 0.286. The molecule has 19 heavy (non-hydrogen) atoms. The number of benzene rings is 1. The first-order valence-electron chi connectivity index (χ1n) is 6.10. The minimum absolute atomic E-state index is 0.0247. The molecule has 0 aliphatic heterocycles. The number of nitrogens with one attached hydrogen (secondary N) is 1. The molecule has 2 rings (SSSR count). The number of carbonyl (C=O) groups is 2. The lowest BCUT2D eigenvalue weighted by molar-refractivity contribution is -0.120. The molecule has 1 aliphatic rings. The molecule has 5 heteroatoms. The lowest BCUT2D eigenvalue weighted by Gasteiger charge is -2.17. The summed E-state index contributed by atoms with van der Waals surface area (Å²) in [6, 6.07) is 3.81. The van der Waals surface area contributed by atoms with E-state index in [4.69, 9.17) is 5.11 Å². The molecule has 0 saturated heterocycles. The maximum Gasteiger partial charge on any atom is 0.335 e. The Labute approximate surface area is 110 Å². The van der Waals surface area contributed by atoms with Gasteiger partial charge in [0.2, 0.25) is 5.91 Å². The number of rotatable bonds is 3. The first kappa shape index (κ1) is 13.1. The topological polar surface area (TPSA) is 86.6 Å². The predicted octanol–water partition coefficient (Wildman–Crippen LogP) is 2.39. The average Bonchev–Trinajstić information content (AvgIpc) is 2.42. The summed E-state index contributed by atoms with van der Waals surface area (Å²) in [7, 11) is 0. The lowest BCUT2D eigenvalue weighted by Crippen LogP contribution is -2.23. The van der Waals surface area contributed by atoms with Gasteiger partial charge in [0.1, 0.15) is 5.75 Å². The van der Waals surface area contributed by atoms with Crippen LogP contribution in [0.3, 0.4) is 0 Å². The van der Waals surface area contributed by atoms with Gasteiger partial charge in [0.15, 0.2) is 0 Å². The van der Waals surface area contributed by atoms with Crippen LogP contribution in [-0.4, -0.2) is 22.1 Å². The van der Waals surface area contributed by atoms with E-state index in [1.165, 1.54) is 18.2 Å². The number of phenolic OH excluding ortho intramolecular Hbond substituents is 1. The Morgan fingerprint density at radius 1 is 1.26 bits per heavy atom. The van der Waals surface area contributed by atoms with Gasteiger partial charge in [-0.05, 0) is 37.5 Å². The first-order chi connectivity index (χ1) is 9.08. The molecule has 0 aromatic heterocycles. The Morgan fingerprint density at radius 2 is 2.05 bits per heavy atom. The standard InChI is InChI=1S/C14H15NO4/c16-12-7-6-10(14(18)19)8-11(12)15-13(17)9-4-2-1-3-5-9/h1-2,6-9,16H,3-5H2,(H,15,17)(H,18,19). The van der Waals surface area contributed by atoms with E-state index in [1.54, 1.807) is 0 Å². The van der Waals surface area contributed by atoms with Crippen LogP contribution in [0, 0.1) is 5.92 Å². The number of carboxylic acids is 1. The molecule has 1 aromatic carbocycles. The molecule has 0 bridgehead atoms. The van der Waals surface area contributed by atoms with Gasteiger partial charge >= 0.3 is 5.97 Å². The molecular weight excluding hydrogens is 246 g/mol. The van der Waals surface area contributed by atoms with Gasteiger partial charge in [-0.3, -0.25) is 4.79 Å². The Balaban J connectivity index is 2.13. The van der Waals surface area contributed by atoms with Gasteiger partial charge in [0.25, 0.3) is 0 Å². The van der Waals surface area contributed by atoms with Crippen LogP contribution in [0.1, 0.15) is 29.6 Å². The molecule has 5 nitrogen and oxygen atoms in total. The second-order valence-corrected chi connectivity index (χ2v) is 4.51. The number of carbonyl (C=O) groups excluding carboxylic acids is 1. The van der Waals surface area contributed by atoms with Crippen LogP contribution in [0.4, 0.5) is 5.69 Å². The molecule has 1 atom stereocenters. The van der Waals surface area contributed by atoms with Crippen molar-refractivity contribution in [3.8, 4) is 5.75 Å². The number of phenols is 1. The highest BCUT2D eigenvalue weighted by Crippen LogP contribution is 2.26. The summed E-state index contributed by atoms with van der Waals surface area (Å²) >= 11 is 0. The largest absolute Gasteiger partial charge is 0.506 e. The van der Waals surface area contributed by atoms with Crippen LogP contribution in [0.5, 0.6) is 5.75 Å². The maximum atomic E-state index is 12.0. The zero-order valence-corrected chi connectivity index (χ0v) is 10.3. The number of aromatic carboxylic acids is 1. The fourth-order valence-corrected chi connectivity index (χ4v) is 2.04. The van der Waals surface area contributed by atoms with Crippen LogP contribution in [0.15, 0.2) is 30.4 Å². The molecule has 1 aliphatic carbocycles. The van der Waals surface area contributed by atoms with Crippen LogP contribution in [0.2, 0.25) is 0 Å². The second kappa shape index (κ2) is 5.56. The number of carboxylic acid groups (broad SMARTS) is 1. The highest BCUT2D eigenvalue weighted by atomic mass is 16.4. The highest BCUT2D eigenvalue weighted by Gasteiger charge is 2.20.